The predicted octanol–water partition coefficient (Wildman–Crippen LogP) is 1.83. The number of amides is 1. The van der Waals surface area contributed by atoms with Crippen LogP contribution in [0.1, 0.15) is 23.4 Å². The van der Waals surface area contributed by atoms with E-state index in [1.165, 1.54) is 34.4 Å². The van der Waals surface area contributed by atoms with E-state index in [0.29, 0.717) is 31.7 Å². The Morgan fingerprint density at radius 1 is 1.15 bits per heavy atom. The summed E-state index contributed by atoms with van der Waals surface area (Å²) in [6.07, 6.45) is 0. The van der Waals surface area contributed by atoms with Crippen molar-refractivity contribution >= 4 is 45.8 Å². The first-order chi connectivity index (χ1) is 16.4. The lowest BCUT2D eigenvalue weighted by Crippen LogP contribution is -2.40. The van der Waals surface area contributed by atoms with Crippen molar-refractivity contribution in [3.05, 3.63) is 83.2 Å². The molecule has 3 aromatic rings. The summed E-state index contributed by atoms with van der Waals surface area (Å²) < 4.78 is 12.2. The fourth-order valence-corrected chi connectivity index (χ4v) is 6.19. The van der Waals surface area contributed by atoms with E-state index in [0.717, 1.165) is 10.6 Å². The summed E-state index contributed by atoms with van der Waals surface area (Å²) in [5.74, 6) is -0.786. The third kappa shape index (κ3) is 3.46. The second-order valence-corrected chi connectivity index (χ2v) is 9.76. The van der Waals surface area contributed by atoms with Crippen LogP contribution in [0.2, 0.25) is 0 Å². The number of ether oxygens (including phenoxy) is 2. The van der Waals surface area contributed by atoms with E-state index < -0.39 is 12.0 Å². The summed E-state index contributed by atoms with van der Waals surface area (Å²) in [5.41, 5.74) is 2.25. The number of hydrogen-bond donors (Lipinski definition) is 0. The highest BCUT2D eigenvalue weighted by Gasteiger charge is 2.36. The molecule has 0 fully saturated rings. The lowest BCUT2D eigenvalue weighted by Gasteiger charge is -2.23. The van der Waals surface area contributed by atoms with Crippen molar-refractivity contribution in [2.75, 3.05) is 32.3 Å². The van der Waals surface area contributed by atoms with Gasteiger partial charge in [-0.15, -0.1) is 11.3 Å². The fraction of sp³-hybridized carbons (Fsp3) is 0.250. The number of thiophene rings is 1. The largest absolute Gasteiger partial charge is 0.460 e. The fourth-order valence-electron chi connectivity index (χ4n) is 4.23. The summed E-state index contributed by atoms with van der Waals surface area (Å²) in [7, 11) is 3.22. The minimum atomic E-state index is -0.690. The van der Waals surface area contributed by atoms with Crippen LogP contribution in [0.4, 0.5) is 5.69 Å². The highest BCUT2D eigenvalue weighted by molar-refractivity contribution is 7.10. The molecule has 1 amide bonds. The summed E-state index contributed by atoms with van der Waals surface area (Å²) in [4.78, 5) is 47.4. The zero-order chi connectivity index (χ0) is 24.0. The van der Waals surface area contributed by atoms with E-state index in [4.69, 9.17) is 9.47 Å². The van der Waals surface area contributed by atoms with Crippen LogP contribution < -0.4 is 19.8 Å². The first kappa shape index (κ1) is 22.5. The van der Waals surface area contributed by atoms with E-state index in [2.05, 4.69) is 4.99 Å². The van der Waals surface area contributed by atoms with Gasteiger partial charge in [-0.2, -0.15) is 0 Å². The molecule has 174 valence electrons. The van der Waals surface area contributed by atoms with Gasteiger partial charge >= 0.3 is 5.97 Å². The molecule has 4 heterocycles. The van der Waals surface area contributed by atoms with Crippen LogP contribution in [0.5, 0.6) is 0 Å². The summed E-state index contributed by atoms with van der Waals surface area (Å²) in [5, 5.41) is 1.89. The Kier molecular flexibility index (Phi) is 5.80. The molecule has 0 aliphatic carbocycles. The molecule has 0 unspecified atom stereocenters. The van der Waals surface area contributed by atoms with Gasteiger partial charge in [0.25, 0.3) is 11.5 Å². The average Bonchev–Trinajstić information content (AvgIpc) is 3.52. The zero-order valence-electron chi connectivity index (χ0n) is 18.7. The molecule has 2 aliphatic rings. The number of benzene rings is 1. The predicted molar refractivity (Wildman–Crippen MR) is 130 cm³/mol. The first-order valence-corrected chi connectivity index (χ1v) is 12.3. The van der Waals surface area contributed by atoms with Crippen LogP contribution in [0.25, 0.3) is 5.57 Å². The van der Waals surface area contributed by atoms with Gasteiger partial charge in [0.1, 0.15) is 17.2 Å². The number of carbonyl (C=O) groups is 2. The molecular weight excluding hydrogens is 474 g/mol. The number of nitrogens with zero attached hydrogens (tertiary/aromatic N) is 3. The van der Waals surface area contributed by atoms with Gasteiger partial charge in [0, 0.05) is 24.6 Å². The molecule has 0 radical (unpaired) electrons. The number of aromatic nitrogens is 1. The second kappa shape index (κ2) is 8.79. The number of rotatable bonds is 5. The number of carbonyl (C=O) groups excluding carboxylic acids is 2. The van der Waals surface area contributed by atoms with E-state index in [-0.39, 0.29) is 24.7 Å². The molecule has 2 aromatic heterocycles. The molecule has 0 saturated carbocycles. The van der Waals surface area contributed by atoms with Crippen LogP contribution in [-0.2, 0) is 19.1 Å². The molecule has 2 aliphatic heterocycles. The lowest BCUT2D eigenvalue weighted by molar-refractivity contribution is -0.140. The van der Waals surface area contributed by atoms with Crippen LogP contribution in [0.15, 0.2) is 62.8 Å². The maximum Gasteiger partial charge on any atom is 0.338 e. The van der Waals surface area contributed by atoms with Crippen molar-refractivity contribution < 1.29 is 19.1 Å². The number of para-hydroxylation sites is 1. The number of esters is 1. The SMILES string of the molecule is COCCOC(=O)C1=C(C)N=c2sc(=C3C(=O)N(C)c4ccccc43)c(=O)n2[C@H]1c1cccs1. The smallest absolute Gasteiger partial charge is 0.338 e. The van der Waals surface area contributed by atoms with E-state index >= 15 is 0 Å². The lowest BCUT2D eigenvalue weighted by atomic mass is 10.0. The van der Waals surface area contributed by atoms with Crippen LogP contribution >= 0.6 is 22.7 Å². The average molecular weight is 496 g/mol. The number of allylic oxidation sites excluding steroid dienone is 1. The Labute approximate surface area is 202 Å². The van der Waals surface area contributed by atoms with Crippen molar-refractivity contribution in [1.82, 2.24) is 4.57 Å². The molecule has 10 heteroatoms. The quantitative estimate of drug-likeness (QED) is 0.398. The maximum absolute atomic E-state index is 13.8. The Balaban J connectivity index is 1.74. The first-order valence-electron chi connectivity index (χ1n) is 10.6. The van der Waals surface area contributed by atoms with E-state index in [9.17, 15) is 14.4 Å². The van der Waals surface area contributed by atoms with Gasteiger partial charge in [-0.1, -0.05) is 35.6 Å². The molecule has 1 aromatic carbocycles. The Morgan fingerprint density at radius 3 is 2.68 bits per heavy atom. The Bertz CT molecular complexity index is 1510. The number of thiazole rings is 1. The molecule has 0 N–H and O–H groups in total. The Hall–Kier alpha value is -3.34. The van der Waals surface area contributed by atoms with Gasteiger partial charge in [-0.3, -0.25) is 14.2 Å². The summed E-state index contributed by atoms with van der Waals surface area (Å²) in [6.45, 7) is 2.09. The molecule has 0 spiro atoms. The zero-order valence-corrected chi connectivity index (χ0v) is 20.4. The molecule has 34 heavy (non-hydrogen) atoms. The number of hydrogen-bond acceptors (Lipinski definition) is 8. The van der Waals surface area contributed by atoms with Crippen molar-refractivity contribution in [1.29, 1.82) is 0 Å². The van der Waals surface area contributed by atoms with Gasteiger partial charge in [0.15, 0.2) is 4.80 Å². The van der Waals surface area contributed by atoms with Gasteiger partial charge in [0.2, 0.25) is 0 Å². The van der Waals surface area contributed by atoms with E-state index in [1.54, 1.807) is 18.9 Å². The monoisotopic (exact) mass is 495 g/mol. The van der Waals surface area contributed by atoms with Gasteiger partial charge in [-0.05, 0) is 24.4 Å². The Morgan fingerprint density at radius 2 is 1.94 bits per heavy atom. The molecule has 5 rings (SSSR count). The normalized spacial score (nSPS) is 18.6. The summed E-state index contributed by atoms with van der Waals surface area (Å²) in [6, 6.07) is 10.4. The third-order valence-electron chi connectivity index (χ3n) is 5.83. The number of methoxy groups -OCH3 is 1. The second-order valence-electron chi connectivity index (χ2n) is 7.80. The van der Waals surface area contributed by atoms with Gasteiger partial charge in [-0.25, -0.2) is 9.79 Å². The number of fused-ring (bicyclic) bond motifs is 2. The number of likely N-dealkylation sites (N-methyl/N-ethyl adjacent to an activating group) is 1. The van der Waals surface area contributed by atoms with Crippen molar-refractivity contribution in [2.24, 2.45) is 4.99 Å². The van der Waals surface area contributed by atoms with Crippen LogP contribution in [-0.4, -0.2) is 43.8 Å². The van der Waals surface area contributed by atoms with Gasteiger partial charge in [0.05, 0.1) is 29.1 Å². The minimum absolute atomic E-state index is 0.0927. The topological polar surface area (TPSA) is 90.2 Å². The molecule has 0 bridgehead atoms. The van der Waals surface area contributed by atoms with Crippen LogP contribution in [0, 0.1) is 0 Å². The van der Waals surface area contributed by atoms with Crippen molar-refractivity contribution in [3.8, 4) is 0 Å². The minimum Gasteiger partial charge on any atom is -0.460 e. The number of anilines is 1. The van der Waals surface area contributed by atoms with Crippen molar-refractivity contribution in [3.63, 3.8) is 0 Å². The standard InChI is InChI=1S/C24H21N3O5S2/c1-13-17(23(30)32-11-10-31-3)19(16-9-6-12-33-16)27-22(29)20(34-24(27)25-13)18-14-7-4-5-8-15(14)26(2)21(18)28/h4-9,12,19H,10-11H2,1-3H3/t19-/m0/s1. The molecular formula is C24H21N3O5S2. The highest BCUT2D eigenvalue weighted by Crippen LogP contribution is 2.35. The van der Waals surface area contributed by atoms with E-state index in [1.807, 2.05) is 41.8 Å². The molecule has 0 saturated heterocycles. The molecule has 8 nitrogen and oxygen atoms in total. The maximum atomic E-state index is 13.8. The molecule has 1 atom stereocenters. The third-order valence-corrected chi connectivity index (χ3v) is 7.81. The van der Waals surface area contributed by atoms with Crippen molar-refractivity contribution in [2.45, 2.75) is 13.0 Å². The van der Waals surface area contributed by atoms with Crippen LogP contribution in [0.3, 0.4) is 0 Å². The summed E-state index contributed by atoms with van der Waals surface area (Å²) >= 11 is 2.61. The highest BCUT2D eigenvalue weighted by atomic mass is 32.1. The van der Waals surface area contributed by atoms with Gasteiger partial charge < -0.3 is 14.4 Å².